The second-order valence-electron chi connectivity index (χ2n) is 6.00. The van der Waals surface area contributed by atoms with Gasteiger partial charge < -0.3 is 5.11 Å². The lowest BCUT2D eigenvalue weighted by atomic mass is 10.0. The fraction of sp³-hybridized carbons (Fsp3) is 0.0455. The lowest BCUT2D eigenvalue weighted by Gasteiger charge is -2.25. The van der Waals surface area contributed by atoms with Crippen molar-refractivity contribution in [3.63, 3.8) is 0 Å². The van der Waals surface area contributed by atoms with Crippen LogP contribution in [-0.4, -0.2) is 11.0 Å². The zero-order chi connectivity index (χ0) is 17.4. The number of phenolic OH excluding ortho intramolecular Hbond substituents is 1. The van der Waals surface area contributed by atoms with Crippen LogP contribution in [0.15, 0.2) is 79.4 Å². The van der Waals surface area contributed by atoms with Crippen LogP contribution in [-0.2, 0) is 11.2 Å². The number of carbonyl (C=O) groups excluding carboxylic acids is 1. The van der Waals surface area contributed by atoms with Crippen molar-refractivity contribution in [2.24, 2.45) is 0 Å². The highest BCUT2D eigenvalue weighted by molar-refractivity contribution is 6.09. The molecule has 1 amide bonds. The average Bonchev–Trinajstić information content (AvgIpc) is 3.03. The maximum atomic E-state index is 12.6. The largest absolute Gasteiger partial charge is 0.506 e. The van der Waals surface area contributed by atoms with Crippen molar-refractivity contribution in [2.75, 3.05) is 4.90 Å². The zero-order valence-electron chi connectivity index (χ0n) is 13.6. The first kappa shape index (κ1) is 15.2. The molecule has 0 heterocycles. The summed E-state index contributed by atoms with van der Waals surface area (Å²) in [6, 6.07) is 21.1. The highest BCUT2D eigenvalue weighted by atomic mass is 16.3. The minimum Gasteiger partial charge on any atom is -0.506 e. The third kappa shape index (κ3) is 2.41. The van der Waals surface area contributed by atoms with Crippen LogP contribution in [0.2, 0.25) is 0 Å². The third-order valence-electron chi connectivity index (χ3n) is 4.58. The molecule has 0 aliphatic heterocycles. The molecule has 0 fully saturated rings. The van der Waals surface area contributed by atoms with E-state index >= 15 is 0 Å². The predicted molar refractivity (Wildman–Crippen MR) is 100 cm³/mol. The molecule has 0 saturated carbocycles. The minimum absolute atomic E-state index is 0.0609. The molecular weight excluding hydrogens is 310 g/mol. The molecule has 0 spiro atoms. The van der Waals surface area contributed by atoms with Gasteiger partial charge in [0.1, 0.15) is 5.75 Å². The van der Waals surface area contributed by atoms with Gasteiger partial charge in [0.05, 0.1) is 11.4 Å². The maximum absolute atomic E-state index is 12.6. The number of para-hydroxylation sites is 2. The summed E-state index contributed by atoms with van der Waals surface area (Å²) in [5.74, 6) is -0.211. The Morgan fingerprint density at radius 2 is 1.60 bits per heavy atom. The Kier molecular flexibility index (Phi) is 3.62. The van der Waals surface area contributed by atoms with Gasteiger partial charge in [-0.15, -0.1) is 0 Å². The number of nitrogens with zero attached hydrogens (tertiary/aromatic N) is 1. The van der Waals surface area contributed by atoms with Crippen molar-refractivity contribution in [1.29, 1.82) is 0 Å². The minimum atomic E-state index is -0.272. The number of rotatable bonds is 3. The van der Waals surface area contributed by atoms with Gasteiger partial charge in [0.2, 0.25) is 0 Å². The standard InChI is InChI=1S/C22H17NO2/c1-2-22(25)23(20-11-5-6-13-21(20)24)19-12-7-10-17-16-9-4-3-8-15(16)14-18(17)19/h2-13,24H,1,14H2. The lowest BCUT2D eigenvalue weighted by molar-refractivity contribution is -0.113. The topological polar surface area (TPSA) is 40.5 Å². The van der Waals surface area contributed by atoms with E-state index < -0.39 is 0 Å². The molecule has 4 rings (SSSR count). The number of phenols is 1. The molecule has 3 nitrogen and oxygen atoms in total. The predicted octanol–water partition coefficient (Wildman–Crippen LogP) is 4.81. The average molecular weight is 327 g/mol. The summed E-state index contributed by atoms with van der Waals surface area (Å²) in [6.07, 6.45) is 2.03. The highest BCUT2D eigenvalue weighted by Gasteiger charge is 2.26. The quantitative estimate of drug-likeness (QED) is 0.548. The molecule has 1 aliphatic carbocycles. The SMILES string of the molecule is C=CC(=O)N(c1ccccc1O)c1cccc2c1Cc1ccccc1-2. The van der Waals surface area contributed by atoms with Gasteiger partial charge in [-0.05, 0) is 46.5 Å². The Morgan fingerprint density at radius 3 is 2.40 bits per heavy atom. The van der Waals surface area contributed by atoms with Crippen molar-refractivity contribution in [3.05, 3.63) is 90.5 Å². The summed E-state index contributed by atoms with van der Waals surface area (Å²) < 4.78 is 0. The van der Waals surface area contributed by atoms with Crippen LogP contribution in [0.5, 0.6) is 5.75 Å². The van der Waals surface area contributed by atoms with E-state index in [-0.39, 0.29) is 11.7 Å². The Labute approximate surface area is 146 Å². The lowest BCUT2D eigenvalue weighted by Crippen LogP contribution is -2.24. The van der Waals surface area contributed by atoms with Crippen LogP contribution >= 0.6 is 0 Å². The van der Waals surface area contributed by atoms with Crippen LogP contribution in [0.4, 0.5) is 11.4 Å². The summed E-state index contributed by atoms with van der Waals surface area (Å²) in [7, 11) is 0. The smallest absolute Gasteiger partial charge is 0.255 e. The normalized spacial score (nSPS) is 11.5. The Hall–Kier alpha value is -3.33. The molecule has 1 aliphatic rings. The van der Waals surface area contributed by atoms with Crippen LogP contribution in [0.25, 0.3) is 11.1 Å². The first-order valence-corrected chi connectivity index (χ1v) is 8.15. The van der Waals surface area contributed by atoms with Gasteiger partial charge in [-0.25, -0.2) is 0 Å². The van der Waals surface area contributed by atoms with Gasteiger partial charge >= 0.3 is 0 Å². The maximum Gasteiger partial charge on any atom is 0.255 e. The molecule has 3 heteroatoms. The molecule has 0 radical (unpaired) electrons. The number of amides is 1. The Morgan fingerprint density at radius 1 is 0.920 bits per heavy atom. The summed E-state index contributed by atoms with van der Waals surface area (Å²) in [4.78, 5) is 14.2. The second-order valence-corrected chi connectivity index (χ2v) is 6.00. The Bertz CT molecular complexity index is 991. The van der Waals surface area contributed by atoms with E-state index in [2.05, 4.69) is 24.8 Å². The molecule has 0 bridgehead atoms. The number of benzene rings is 3. The summed E-state index contributed by atoms with van der Waals surface area (Å²) >= 11 is 0. The van der Waals surface area contributed by atoms with Gasteiger partial charge in [0.15, 0.2) is 0 Å². The number of anilines is 2. The van der Waals surface area contributed by atoms with E-state index in [1.54, 1.807) is 24.3 Å². The molecule has 122 valence electrons. The number of hydrogen-bond donors (Lipinski definition) is 1. The highest BCUT2D eigenvalue weighted by Crippen LogP contribution is 2.44. The number of carbonyl (C=O) groups is 1. The fourth-order valence-corrected chi connectivity index (χ4v) is 3.46. The molecular formula is C22H17NO2. The first-order chi connectivity index (χ1) is 12.2. The van der Waals surface area contributed by atoms with E-state index in [0.717, 1.165) is 23.2 Å². The van der Waals surface area contributed by atoms with Crippen molar-refractivity contribution in [3.8, 4) is 16.9 Å². The summed E-state index contributed by atoms with van der Waals surface area (Å²) in [5.41, 5.74) is 5.89. The van der Waals surface area contributed by atoms with E-state index in [0.29, 0.717) is 5.69 Å². The van der Waals surface area contributed by atoms with Crippen molar-refractivity contribution in [1.82, 2.24) is 0 Å². The molecule has 25 heavy (non-hydrogen) atoms. The summed E-state index contributed by atoms with van der Waals surface area (Å²) in [6.45, 7) is 3.62. The molecule has 0 saturated heterocycles. The van der Waals surface area contributed by atoms with Gasteiger partial charge in [-0.2, -0.15) is 0 Å². The van der Waals surface area contributed by atoms with Crippen LogP contribution in [0.3, 0.4) is 0 Å². The number of hydrogen-bond acceptors (Lipinski definition) is 2. The fourth-order valence-electron chi connectivity index (χ4n) is 3.46. The van der Waals surface area contributed by atoms with Crippen molar-refractivity contribution in [2.45, 2.75) is 6.42 Å². The number of aromatic hydroxyl groups is 1. The molecule has 3 aromatic rings. The van der Waals surface area contributed by atoms with Crippen LogP contribution < -0.4 is 4.90 Å². The van der Waals surface area contributed by atoms with Crippen molar-refractivity contribution >= 4 is 17.3 Å². The van der Waals surface area contributed by atoms with E-state index in [4.69, 9.17) is 0 Å². The van der Waals surface area contributed by atoms with E-state index in [9.17, 15) is 9.90 Å². The van der Waals surface area contributed by atoms with Crippen molar-refractivity contribution < 1.29 is 9.90 Å². The third-order valence-corrected chi connectivity index (χ3v) is 4.58. The molecule has 0 aromatic heterocycles. The monoisotopic (exact) mass is 327 g/mol. The summed E-state index contributed by atoms with van der Waals surface area (Å²) in [5, 5.41) is 10.3. The molecule has 0 unspecified atom stereocenters. The number of fused-ring (bicyclic) bond motifs is 3. The first-order valence-electron chi connectivity index (χ1n) is 8.15. The molecule has 1 N–H and O–H groups in total. The van der Waals surface area contributed by atoms with Crippen LogP contribution in [0.1, 0.15) is 11.1 Å². The van der Waals surface area contributed by atoms with E-state index in [1.807, 2.05) is 24.3 Å². The molecule has 0 atom stereocenters. The van der Waals surface area contributed by atoms with E-state index in [1.165, 1.54) is 22.1 Å². The van der Waals surface area contributed by atoms with Gasteiger partial charge in [0, 0.05) is 6.42 Å². The van der Waals surface area contributed by atoms with Gasteiger partial charge in [-0.1, -0.05) is 55.1 Å². The molecule has 3 aromatic carbocycles. The second kappa shape index (κ2) is 5.95. The zero-order valence-corrected chi connectivity index (χ0v) is 13.6. The van der Waals surface area contributed by atoms with Gasteiger partial charge in [0.25, 0.3) is 5.91 Å². The Balaban J connectivity index is 1.92. The van der Waals surface area contributed by atoms with Gasteiger partial charge in [-0.3, -0.25) is 9.69 Å². The van der Waals surface area contributed by atoms with Crippen LogP contribution in [0, 0.1) is 0 Å².